The summed E-state index contributed by atoms with van der Waals surface area (Å²) in [6.07, 6.45) is -7.12. The normalized spacial score (nSPS) is 12.0. The van der Waals surface area contributed by atoms with Gasteiger partial charge in [0.05, 0.1) is 14.8 Å². The van der Waals surface area contributed by atoms with Crippen LogP contribution in [0, 0.1) is 3.57 Å². The number of nitrogens with zero attached hydrogens (tertiary/aromatic N) is 1. The van der Waals surface area contributed by atoms with Crippen molar-refractivity contribution in [2.45, 2.75) is 19.3 Å². The van der Waals surface area contributed by atoms with Crippen LogP contribution >= 0.6 is 22.6 Å². The van der Waals surface area contributed by atoms with Crippen molar-refractivity contribution < 1.29 is 26.7 Å². The van der Waals surface area contributed by atoms with E-state index in [1.165, 1.54) is 22.6 Å². The van der Waals surface area contributed by atoms with E-state index in [0.717, 1.165) is 6.20 Å². The Balaban J connectivity index is 3.28. The number of hydrogen-bond donors (Lipinski definition) is 1. The predicted octanol–water partition coefficient (Wildman–Crippen LogP) is 2.98. The fraction of sp³-hybridized carbons (Fsp3) is 0.375. The highest BCUT2D eigenvalue weighted by Gasteiger charge is 2.34. The molecule has 0 radical (unpaired) electrons. The van der Waals surface area contributed by atoms with Gasteiger partial charge in [0.15, 0.2) is 5.75 Å². The van der Waals surface area contributed by atoms with Crippen LogP contribution in [0.4, 0.5) is 22.0 Å². The van der Waals surface area contributed by atoms with E-state index in [1.807, 2.05) is 0 Å². The van der Waals surface area contributed by atoms with Crippen molar-refractivity contribution in [2.75, 3.05) is 0 Å². The summed E-state index contributed by atoms with van der Waals surface area (Å²) in [6.45, 7) is -0.342. The molecule has 0 spiro atoms. The maximum atomic E-state index is 12.5. The lowest BCUT2D eigenvalue weighted by Crippen LogP contribution is -2.20. The first-order valence-corrected chi connectivity index (χ1v) is 5.25. The number of rotatable bonds is 3. The highest BCUT2D eigenvalue weighted by molar-refractivity contribution is 14.1. The van der Waals surface area contributed by atoms with Crippen LogP contribution in [0.15, 0.2) is 6.20 Å². The molecule has 1 aromatic rings. The molecule has 1 heterocycles. The molecule has 0 bridgehead atoms. The molecule has 0 amide bonds. The topological polar surface area (TPSA) is 48.1 Å². The van der Waals surface area contributed by atoms with Gasteiger partial charge in [0.2, 0.25) is 0 Å². The SMILES string of the molecule is NCc1ncc(C(F)F)c(I)c1OC(F)(F)F. The van der Waals surface area contributed by atoms with Crippen molar-refractivity contribution >= 4 is 22.6 Å². The number of ether oxygens (including phenoxy) is 1. The molecule has 2 N–H and O–H groups in total. The Kier molecular flexibility index (Phi) is 4.47. The quantitative estimate of drug-likeness (QED) is 0.659. The molecule has 0 fully saturated rings. The second-order valence-electron chi connectivity index (χ2n) is 2.86. The van der Waals surface area contributed by atoms with Crippen LogP contribution < -0.4 is 10.5 Å². The average Bonchev–Trinajstić information content (AvgIpc) is 2.18. The summed E-state index contributed by atoms with van der Waals surface area (Å²) in [5.74, 6) is -0.765. The second-order valence-corrected chi connectivity index (χ2v) is 3.93. The minimum absolute atomic E-state index is 0.226. The molecule has 0 aromatic carbocycles. The van der Waals surface area contributed by atoms with Crippen LogP contribution in [0.2, 0.25) is 0 Å². The summed E-state index contributed by atoms with van der Waals surface area (Å²) in [7, 11) is 0. The van der Waals surface area contributed by atoms with Crippen molar-refractivity contribution in [3.05, 3.63) is 21.0 Å². The Morgan fingerprint density at radius 3 is 2.41 bits per heavy atom. The fourth-order valence-corrected chi connectivity index (χ4v) is 1.83. The summed E-state index contributed by atoms with van der Waals surface area (Å²) >= 11 is 1.34. The van der Waals surface area contributed by atoms with Gasteiger partial charge in [-0.25, -0.2) is 8.78 Å². The monoisotopic (exact) mass is 368 g/mol. The lowest BCUT2D eigenvalue weighted by Gasteiger charge is -2.15. The summed E-state index contributed by atoms with van der Waals surface area (Å²) < 4.78 is 64.5. The van der Waals surface area contributed by atoms with E-state index in [4.69, 9.17) is 5.73 Å². The largest absolute Gasteiger partial charge is 0.573 e. The maximum absolute atomic E-state index is 12.5. The number of pyridine rings is 1. The molecule has 0 aliphatic carbocycles. The van der Waals surface area contributed by atoms with Crippen molar-refractivity contribution in [1.29, 1.82) is 0 Å². The summed E-state index contributed by atoms with van der Waals surface area (Å²) in [4.78, 5) is 3.43. The number of aromatic nitrogens is 1. The highest BCUT2D eigenvalue weighted by atomic mass is 127. The Morgan fingerprint density at radius 1 is 1.41 bits per heavy atom. The maximum Gasteiger partial charge on any atom is 0.573 e. The molecule has 0 aliphatic heterocycles. The van der Waals surface area contributed by atoms with Gasteiger partial charge < -0.3 is 10.5 Å². The zero-order valence-electron chi connectivity index (χ0n) is 8.06. The van der Waals surface area contributed by atoms with E-state index >= 15 is 0 Å². The van der Waals surface area contributed by atoms with Crippen LogP contribution in [0.3, 0.4) is 0 Å². The van der Waals surface area contributed by atoms with Crippen molar-refractivity contribution in [2.24, 2.45) is 5.73 Å². The van der Waals surface area contributed by atoms with Crippen LogP contribution in [-0.4, -0.2) is 11.3 Å². The van der Waals surface area contributed by atoms with E-state index < -0.39 is 24.1 Å². The minimum atomic E-state index is -4.98. The van der Waals surface area contributed by atoms with E-state index in [9.17, 15) is 22.0 Å². The van der Waals surface area contributed by atoms with Gasteiger partial charge in [0.25, 0.3) is 6.43 Å². The van der Waals surface area contributed by atoms with Crippen molar-refractivity contribution in [3.63, 3.8) is 0 Å². The van der Waals surface area contributed by atoms with Gasteiger partial charge in [-0.3, -0.25) is 4.98 Å². The lowest BCUT2D eigenvalue weighted by molar-refractivity contribution is -0.275. The summed E-state index contributed by atoms with van der Waals surface area (Å²) in [5, 5.41) is 0. The molecule has 0 saturated carbocycles. The smallest absolute Gasteiger partial charge is 0.403 e. The third kappa shape index (κ3) is 3.63. The summed E-state index contributed by atoms with van der Waals surface area (Å²) in [6, 6.07) is 0. The van der Waals surface area contributed by atoms with Gasteiger partial charge in [-0.2, -0.15) is 0 Å². The standard InChI is InChI=1S/C8H6F5IN2O/c9-7(10)3-2-16-4(1-15)6(5(3)14)17-8(11,12)13/h2,7H,1,15H2. The molecule has 96 valence electrons. The second kappa shape index (κ2) is 5.29. The van der Waals surface area contributed by atoms with Crippen molar-refractivity contribution in [1.82, 2.24) is 4.98 Å². The first-order chi connectivity index (χ1) is 7.76. The van der Waals surface area contributed by atoms with Crippen LogP contribution in [0.1, 0.15) is 17.7 Å². The van der Waals surface area contributed by atoms with Gasteiger partial charge >= 0.3 is 6.36 Å². The Morgan fingerprint density at radius 2 is 2.00 bits per heavy atom. The molecular weight excluding hydrogens is 362 g/mol. The van der Waals surface area contributed by atoms with Gasteiger partial charge in [-0.15, -0.1) is 13.2 Å². The minimum Gasteiger partial charge on any atom is -0.403 e. The molecule has 3 nitrogen and oxygen atoms in total. The first-order valence-electron chi connectivity index (χ1n) is 4.17. The van der Waals surface area contributed by atoms with Crippen LogP contribution in [-0.2, 0) is 6.54 Å². The predicted molar refractivity (Wildman–Crippen MR) is 56.5 cm³/mol. The van der Waals surface area contributed by atoms with Gasteiger partial charge in [-0.05, 0) is 22.6 Å². The number of nitrogens with two attached hydrogens (primary N) is 1. The molecule has 0 unspecified atom stereocenters. The summed E-state index contributed by atoms with van der Waals surface area (Å²) in [5.41, 5.74) is 4.31. The van der Waals surface area contributed by atoms with Gasteiger partial charge in [0, 0.05) is 12.7 Å². The van der Waals surface area contributed by atoms with Crippen LogP contribution in [0.25, 0.3) is 0 Å². The molecule has 1 rings (SSSR count). The molecular formula is C8H6F5IN2O. The number of alkyl halides is 5. The number of hydrogen-bond acceptors (Lipinski definition) is 3. The molecule has 17 heavy (non-hydrogen) atoms. The highest BCUT2D eigenvalue weighted by Crippen LogP contribution is 2.35. The first kappa shape index (κ1) is 14.4. The third-order valence-corrected chi connectivity index (χ3v) is 2.83. The van der Waals surface area contributed by atoms with E-state index in [2.05, 4.69) is 9.72 Å². The lowest BCUT2D eigenvalue weighted by atomic mass is 10.2. The van der Waals surface area contributed by atoms with E-state index in [-0.39, 0.29) is 15.8 Å². The van der Waals surface area contributed by atoms with E-state index in [1.54, 1.807) is 0 Å². The Hall–Kier alpha value is -0.710. The molecule has 0 atom stereocenters. The van der Waals surface area contributed by atoms with Crippen LogP contribution in [0.5, 0.6) is 5.75 Å². The molecule has 0 saturated heterocycles. The fourth-order valence-electron chi connectivity index (χ4n) is 1.04. The molecule has 1 aromatic heterocycles. The zero-order valence-corrected chi connectivity index (χ0v) is 10.2. The molecule has 9 heteroatoms. The van der Waals surface area contributed by atoms with Crippen molar-refractivity contribution in [3.8, 4) is 5.75 Å². The van der Waals surface area contributed by atoms with Gasteiger partial charge in [0.1, 0.15) is 0 Å². The Bertz CT molecular complexity index is 410. The average molecular weight is 368 g/mol. The third-order valence-electron chi connectivity index (χ3n) is 1.72. The molecule has 0 aliphatic rings. The zero-order chi connectivity index (χ0) is 13.2. The van der Waals surface area contributed by atoms with Gasteiger partial charge in [-0.1, -0.05) is 0 Å². The Labute approximate surface area is 106 Å². The number of halogens is 6. The van der Waals surface area contributed by atoms with E-state index in [0.29, 0.717) is 0 Å².